The minimum absolute atomic E-state index is 0.00619. The third-order valence-electron chi connectivity index (χ3n) is 13.5. The molecule has 7 aromatic carbocycles. The highest BCUT2D eigenvalue weighted by atomic mass is 35.5. The zero-order valence-electron chi connectivity index (χ0n) is 43.0. The summed E-state index contributed by atoms with van der Waals surface area (Å²) in [6, 6.07) is 40.8. The SMILES string of the molecule is Cc1cc(C)c(C(C)(C)CC(=O)OC2CCCN(C(=O)c3ccc(NC(=O)c4ccccc4C)cc3C)c3ccc(Cl)cc32)c(Oc2c(C)c(C)c([P+](=O)[O-])c(OCc3ccccc3)c2OCc2ccccc2)c1. The molecule has 0 aromatic heterocycles. The second-order valence-corrected chi connectivity index (χ2v) is 21.0. The number of nitrogens with one attached hydrogen (secondary N) is 1. The van der Waals surface area contributed by atoms with E-state index in [-0.39, 0.29) is 54.0 Å². The molecule has 11 nitrogen and oxygen atoms in total. The van der Waals surface area contributed by atoms with Gasteiger partial charge in [-0.15, -0.1) is 0 Å². The van der Waals surface area contributed by atoms with Crippen LogP contribution in [0.25, 0.3) is 0 Å². The van der Waals surface area contributed by atoms with E-state index in [1.807, 2.05) is 133 Å². The number of nitrogens with zero attached hydrogens (tertiary/aromatic N) is 1. The van der Waals surface area contributed by atoms with Crippen molar-refractivity contribution in [2.24, 2.45) is 0 Å². The number of carbonyl (C=O) groups is 3. The summed E-state index contributed by atoms with van der Waals surface area (Å²) >= 11 is 6.64. The van der Waals surface area contributed by atoms with Crippen LogP contribution in [0.2, 0.25) is 5.02 Å². The molecule has 0 fully saturated rings. The number of hydrogen-bond acceptors (Lipinski definition) is 9. The average Bonchev–Trinajstić information content (AvgIpc) is 3.53. The maximum Gasteiger partial charge on any atom is 0.353 e. The summed E-state index contributed by atoms with van der Waals surface area (Å²) in [4.78, 5) is 56.8. The van der Waals surface area contributed by atoms with Crippen LogP contribution in [0.15, 0.2) is 133 Å². The molecule has 74 heavy (non-hydrogen) atoms. The minimum atomic E-state index is -3.14. The van der Waals surface area contributed by atoms with Crippen LogP contribution in [0.3, 0.4) is 0 Å². The lowest BCUT2D eigenvalue weighted by molar-refractivity contribution is -0.160. The number of anilines is 2. The Morgan fingerprint density at radius 2 is 1.36 bits per heavy atom. The Bertz CT molecular complexity index is 3270. The third-order valence-corrected chi connectivity index (χ3v) is 14.7. The van der Waals surface area contributed by atoms with E-state index in [0.717, 1.165) is 33.4 Å². The molecule has 0 saturated carbocycles. The first-order valence-electron chi connectivity index (χ1n) is 24.6. The number of carbonyl (C=O) groups excluding carboxylic acids is 3. The van der Waals surface area contributed by atoms with Crippen molar-refractivity contribution < 1.29 is 42.8 Å². The van der Waals surface area contributed by atoms with Gasteiger partial charge in [0.25, 0.3) is 11.8 Å². The third kappa shape index (κ3) is 11.9. The Morgan fingerprint density at radius 3 is 2.01 bits per heavy atom. The van der Waals surface area contributed by atoms with Crippen molar-refractivity contribution in [1.29, 1.82) is 0 Å². The molecule has 1 N–H and O–H groups in total. The van der Waals surface area contributed by atoms with Crippen LogP contribution in [-0.2, 0) is 32.7 Å². The number of benzene rings is 7. The summed E-state index contributed by atoms with van der Waals surface area (Å²) < 4.78 is 39.5. The molecule has 13 heteroatoms. The highest BCUT2D eigenvalue weighted by molar-refractivity contribution is 7.46. The van der Waals surface area contributed by atoms with Gasteiger partial charge >= 0.3 is 14.0 Å². The topological polar surface area (TPSA) is 144 Å². The summed E-state index contributed by atoms with van der Waals surface area (Å²) in [7, 11) is -3.14. The lowest BCUT2D eigenvalue weighted by atomic mass is 9.78. The van der Waals surface area contributed by atoms with Crippen molar-refractivity contribution in [3.8, 4) is 23.0 Å². The number of fused-ring (bicyclic) bond motifs is 1. The summed E-state index contributed by atoms with van der Waals surface area (Å²) in [6.07, 6.45) is 0.204. The number of rotatable bonds is 16. The first-order chi connectivity index (χ1) is 35.4. The van der Waals surface area contributed by atoms with Crippen LogP contribution < -0.4 is 34.6 Å². The van der Waals surface area contributed by atoms with E-state index in [1.165, 1.54) is 0 Å². The van der Waals surface area contributed by atoms with E-state index in [2.05, 4.69) is 5.32 Å². The number of halogens is 1. The summed E-state index contributed by atoms with van der Waals surface area (Å²) in [5, 5.41) is 3.40. The van der Waals surface area contributed by atoms with Gasteiger partial charge in [0.15, 0.2) is 5.75 Å². The van der Waals surface area contributed by atoms with Crippen molar-refractivity contribution in [2.75, 3.05) is 16.8 Å². The van der Waals surface area contributed by atoms with E-state index in [9.17, 15) is 23.8 Å². The van der Waals surface area contributed by atoms with E-state index in [4.69, 9.17) is 30.5 Å². The number of hydrogen-bond donors (Lipinski definition) is 1. The van der Waals surface area contributed by atoms with Gasteiger partial charge < -0.3 is 34.1 Å². The van der Waals surface area contributed by atoms with Crippen molar-refractivity contribution in [3.05, 3.63) is 205 Å². The molecule has 2 atom stereocenters. The van der Waals surface area contributed by atoms with Crippen LogP contribution in [0, 0.1) is 41.5 Å². The monoisotopic (exact) mass is 1030 g/mol. The lowest BCUT2D eigenvalue weighted by Crippen LogP contribution is -2.32. The fourth-order valence-electron chi connectivity index (χ4n) is 9.83. The van der Waals surface area contributed by atoms with E-state index < -0.39 is 25.5 Å². The number of aryl methyl sites for hydroxylation is 4. The van der Waals surface area contributed by atoms with Gasteiger partial charge in [-0.3, -0.25) is 14.4 Å². The van der Waals surface area contributed by atoms with Gasteiger partial charge in [-0.2, -0.15) is 0 Å². The molecule has 2 amide bonds. The number of esters is 1. The number of ether oxygens (including phenoxy) is 4. The predicted molar refractivity (Wildman–Crippen MR) is 290 cm³/mol. The molecular formula is C61H60ClN2O9P. The summed E-state index contributed by atoms with van der Waals surface area (Å²) in [5.74, 6) is -0.00777. The van der Waals surface area contributed by atoms with Crippen LogP contribution in [0.1, 0.15) is 116 Å². The lowest BCUT2D eigenvalue weighted by Gasteiger charge is -2.31. The zero-order chi connectivity index (χ0) is 52.8. The molecule has 2 unspecified atom stereocenters. The maximum atomic E-state index is 14.5. The van der Waals surface area contributed by atoms with Crippen LogP contribution in [0.5, 0.6) is 23.0 Å². The van der Waals surface area contributed by atoms with Gasteiger partial charge in [-0.25, -0.2) is 0 Å². The molecule has 0 bridgehead atoms. The van der Waals surface area contributed by atoms with Crippen LogP contribution in [0.4, 0.5) is 11.4 Å². The summed E-state index contributed by atoms with van der Waals surface area (Å²) in [5.41, 5.74) is 8.69. The quantitative estimate of drug-likeness (QED) is 0.0739. The molecule has 1 heterocycles. The molecule has 380 valence electrons. The Hall–Kier alpha value is -7.30. The van der Waals surface area contributed by atoms with Crippen molar-refractivity contribution in [1.82, 2.24) is 0 Å². The van der Waals surface area contributed by atoms with Gasteiger partial charge in [0.1, 0.15) is 25.1 Å². The van der Waals surface area contributed by atoms with Gasteiger partial charge in [0.05, 0.1) is 12.1 Å². The maximum absolute atomic E-state index is 14.5. The average molecular weight is 1030 g/mol. The molecular weight excluding hydrogens is 971 g/mol. The fourth-order valence-corrected chi connectivity index (χ4v) is 10.8. The van der Waals surface area contributed by atoms with Crippen molar-refractivity contribution in [3.63, 3.8) is 0 Å². The highest BCUT2D eigenvalue weighted by Gasteiger charge is 2.37. The van der Waals surface area contributed by atoms with Gasteiger partial charge in [-0.05, 0) is 136 Å². The minimum Gasteiger partial charge on any atom is -0.591 e. The first kappa shape index (κ1) is 53.0. The van der Waals surface area contributed by atoms with E-state index in [1.54, 1.807) is 61.2 Å². The molecule has 0 saturated heterocycles. The summed E-state index contributed by atoms with van der Waals surface area (Å²) in [6.45, 7) is 15.6. The van der Waals surface area contributed by atoms with Crippen LogP contribution >= 0.6 is 19.6 Å². The van der Waals surface area contributed by atoms with Gasteiger partial charge in [-0.1, -0.05) is 115 Å². The predicted octanol–water partition coefficient (Wildman–Crippen LogP) is 13.5. The van der Waals surface area contributed by atoms with Crippen molar-refractivity contribution >= 4 is 54.1 Å². The smallest absolute Gasteiger partial charge is 0.353 e. The van der Waals surface area contributed by atoms with Gasteiger partial charge in [0, 0.05) is 56.1 Å². The molecule has 0 spiro atoms. The Labute approximate surface area is 439 Å². The van der Waals surface area contributed by atoms with Crippen molar-refractivity contribution in [2.45, 2.75) is 99.4 Å². The molecule has 0 aliphatic carbocycles. The zero-order valence-corrected chi connectivity index (χ0v) is 44.6. The van der Waals surface area contributed by atoms with E-state index >= 15 is 0 Å². The largest absolute Gasteiger partial charge is 0.591 e. The van der Waals surface area contributed by atoms with E-state index in [0.29, 0.717) is 74.9 Å². The van der Waals surface area contributed by atoms with Crippen LogP contribution in [-0.4, -0.2) is 24.3 Å². The highest BCUT2D eigenvalue weighted by Crippen LogP contribution is 2.49. The van der Waals surface area contributed by atoms with Gasteiger partial charge in [0.2, 0.25) is 16.8 Å². The molecule has 8 rings (SSSR count). The molecule has 0 radical (unpaired) electrons. The normalized spacial score (nSPS) is 13.6. The Balaban J connectivity index is 1.07. The Morgan fingerprint density at radius 1 is 0.716 bits per heavy atom. The second-order valence-electron chi connectivity index (χ2n) is 19.6. The molecule has 7 aromatic rings. The standard InChI is InChI=1S/C61H60ClN2O9P/c1-37-30-40(4)54(52(31-37)73-55-41(5)42(6)58(74(68)69)57(71-36-44-21-13-10-14-22-44)56(55)70-35-43-19-11-9-12-20-43)61(7,8)34-53(65)72-51-24-17-29-64(50-28-25-45(62)33-49(50)51)60(67)48-27-26-46(32-39(48)3)63-59(66)47-23-16-15-18-38(47)2/h9-16,18-23,25-28,30-33,51H,17,24,29,34-36H2,1-8H3,(H,63,66). The first-order valence-corrected chi connectivity index (χ1v) is 26.2. The Kier molecular flexibility index (Phi) is 16.4. The molecule has 1 aliphatic rings. The second kappa shape index (κ2) is 22.9. The molecule has 1 aliphatic heterocycles. The number of amides is 2. The fraction of sp³-hybridized carbons (Fsp3) is 0.262.